The predicted molar refractivity (Wildman–Crippen MR) is 71.7 cm³/mol. The maximum atomic E-state index is 5.98. The van der Waals surface area contributed by atoms with E-state index in [1.807, 2.05) is 20.8 Å². The van der Waals surface area contributed by atoms with E-state index in [4.69, 9.17) is 15.2 Å². The van der Waals surface area contributed by atoms with Crippen LogP contribution in [0.3, 0.4) is 0 Å². The van der Waals surface area contributed by atoms with Gasteiger partial charge in [-0.2, -0.15) is 4.98 Å². The van der Waals surface area contributed by atoms with E-state index in [0.29, 0.717) is 36.4 Å². The summed E-state index contributed by atoms with van der Waals surface area (Å²) in [5, 5.41) is 3.18. The minimum atomic E-state index is 0.233. The van der Waals surface area contributed by atoms with Crippen LogP contribution in [0.2, 0.25) is 0 Å². The molecule has 0 aliphatic heterocycles. The molecule has 0 aromatic carbocycles. The highest BCUT2D eigenvalue weighted by Crippen LogP contribution is 2.26. The normalized spacial score (nSPS) is 10.7. The number of ether oxygens (including phenoxy) is 2. The molecule has 0 saturated heterocycles. The monoisotopic (exact) mass is 254 g/mol. The van der Waals surface area contributed by atoms with Gasteiger partial charge in [-0.05, 0) is 20.3 Å². The molecule has 0 atom stereocenters. The molecule has 0 amide bonds. The third-order valence-corrected chi connectivity index (χ3v) is 2.10. The number of nitrogens with one attached hydrogen (secondary N) is 1. The van der Waals surface area contributed by atoms with Gasteiger partial charge in [-0.15, -0.1) is 0 Å². The van der Waals surface area contributed by atoms with Crippen LogP contribution in [0.15, 0.2) is 0 Å². The largest absolute Gasteiger partial charge is 0.476 e. The number of methoxy groups -OCH3 is 1. The van der Waals surface area contributed by atoms with Crippen LogP contribution in [-0.2, 0) is 11.3 Å². The predicted octanol–water partition coefficient (Wildman–Crippen LogP) is 1.81. The summed E-state index contributed by atoms with van der Waals surface area (Å²) in [4.78, 5) is 8.56. The zero-order chi connectivity index (χ0) is 13.5. The molecule has 102 valence electrons. The van der Waals surface area contributed by atoms with Crippen LogP contribution in [0, 0.1) is 0 Å². The zero-order valence-corrected chi connectivity index (χ0v) is 11.5. The average Bonchev–Trinajstić information content (AvgIpc) is 2.31. The van der Waals surface area contributed by atoms with Crippen LogP contribution < -0.4 is 15.8 Å². The number of hydrogen-bond donors (Lipinski definition) is 2. The molecule has 6 nitrogen and oxygen atoms in total. The Morgan fingerprint density at radius 3 is 2.61 bits per heavy atom. The van der Waals surface area contributed by atoms with Crippen LogP contribution in [-0.4, -0.2) is 29.7 Å². The first-order valence-electron chi connectivity index (χ1n) is 6.13. The van der Waals surface area contributed by atoms with Crippen molar-refractivity contribution in [3.05, 3.63) is 5.82 Å². The summed E-state index contributed by atoms with van der Waals surface area (Å²) >= 11 is 0. The lowest BCUT2D eigenvalue weighted by Gasteiger charge is -2.15. The average molecular weight is 254 g/mol. The maximum Gasteiger partial charge on any atom is 0.242 e. The molecule has 1 aromatic rings. The number of nitrogen functional groups attached to an aromatic ring is 1. The summed E-state index contributed by atoms with van der Waals surface area (Å²) in [5.41, 5.74) is 6.43. The lowest BCUT2D eigenvalue weighted by atomic mass is 10.3. The molecule has 1 aromatic heterocycles. The van der Waals surface area contributed by atoms with Crippen LogP contribution in [0.1, 0.15) is 33.0 Å². The van der Waals surface area contributed by atoms with E-state index in [9.17, 15) is 0 Å². The van der Waals surface area contributed by atoms with Gasteiger partial charge in [0.05, 0.1) is 6.61 Å². The van der Waals surface area contributed by atoms with Gasteiger partial charge in [-0.3, -0.25) is 0 Å². The molecular weight excluding hydrogens is 232 g/mol. The molecule has 0 saturated carbocycles. The van der Waals surface area contributed by atoms with Crippen molar-refractivity contribution in [3.8, 4) is 5.88 Å². The summed E-state index contributed by atoms with van der Waals surface area (Å²) in [6, 6.07) is 0.233. The standard InChI is InChI=1S/C12H22N4O2/c1-5-6-18-12-10(13)11(14-8(2)3)15-9(16-12)7-17-4/h8H,5-7,13H2,1-4H3,(H,14,15,16). The van der Waals surface area contributed by atoms with Crippen molar-refractivity contribution in [3.63, 3.8) is 0 Å². The molecule has 0 aliphatic carbocycles. The number of aromatic nitrogens is 2. The van der Waals surface area contributed by atoms with E-state index in [1.165, 1.54) is 0 Å². The number of hydrogen-bond acceptors (Lipinski definition) is 6. The summed E-state index contributed by atoms with van der Waals surface area (Å²) in [6.45, 7) is 6.97. The van der Waals surface area contributed by atoms with Gasteiger partial charge in [0.2, 0.25) is 5.88 Å². The third-order valence-electron chi connectivity index (χ3n) is 2.10. The number of rotatable bonds is 7. The summed E-state index contributed by atoms with van der Waals surface area (Å²) in [6.07, 6.45) is 0.899. The molecule has 18 heavy (non-hydrogen) atoms. The van der Waals surface area contributed by atoms with Gasteiger partial charge in [0.25, 0.3) is 0 Å². The van der Waals surface area contributed by atoms with Crippen LogP contribution in [0.25, 0.3) is 0 Å². The second-order valence-corrected chi connectivity index (χ2v) is 4.29. The van der Waals surface area contributed by atoms with E-state index in [1.54, 1.807) is 7.11 Å². The highest BCUT2D eigenvalue weighted by Gasteiger charge is 2.13. The second-order valence-electron chi connectivity index (χ2n) is 4.29. The number of nitrogens with zero attached hydrogens (tertiary/aromatic N) is 2. The summed E-state index contributed by atoms with van der Waals surface area (Å²) < 4.78 is 10.6. The highest BCUT2D eigenvalue weighted by molar-refractivity contribution is 5.67. The van der Waals surface area contributed by atoms with Crippen molar-refractivity contribution in [1.29, 1.82) is 0 Å². The molecule has 0 aliphatic rings. The fourth-order valence-corrected chi connectivity index (χ4v) is 1.38. The molecule has 6 heteroatoms. The zero-order valence-electron chi connectivity index (χ0n) is 11.5. The Hall–Kier alpha value is -1.56. The second kappa shape index (κ2) is 7.00. The lowest BCUT2D eigenvalue weighted by Crippen LogP contribution is -2.16. The summed E-state index contributed by atoms with van der Waals surface area (Å²) in [7, 11) is 1.60. The van der Waals surface area contributed by atoms with Crippen molar-refractivity contribution in [1.82, 2.24) is 9.97 Å². The van der Waals surface area contributed by atoms with Gasteiger partial charge in [0, 0.05) is 13.2 Å². The Labute approximate surface area is 108 Å². The van der Waals surface area contributed by atoms with E-state index in [2.05, 4.69) is 15.3 Å². The van der Waals surface area contributed by atoms with Gasteiger partial charge in [-0.1, -0.05) is 6.92 Å². The van der Waals surface area contributed by atoms with E-state index in [-0.39, 0.29) is 6.04 Å². The van der Waals surface area contributed by atoms with Crippen molar-refractivity contribution in [2.75, 3.05) is 24.8 Å². The van der Waals surface area contributed by atoms with Gasteiger partial charge >= 0.3 is 0 Å². The van der Waals surface area contributed by atoms with Crippen LogP contribution >= 0.6 is 0 Å². The Kier molecular flexibility index (Phi) is 5.64. The van der Waals surface area contributed by atoms with Gasteiger partial charge < -0.3 is 20.5 Å². The Morgan fingerprint density at radius 1 is 1.33 bits per heavy atom. The lowest BCUT2D eigenvalue weighted by molar-refractivity contribution is 0.176. The minimum Gasteiger partial charge on any atom is -0.476 e. The number of anilines is 2. The first kappa shape index (κ1) is 14.5. The topological polar surface area (TPSA) is 82.3 Å². The Morgan fingerprint density at radius 2 is 2.06 bits per heavy atom. The smallest absolute Gasteiger partial charge is 0.242 e. The number of nitrogens with two attached hydrogens (primary N) is 1. The highest BCUT2D eigenvalue weighted by atomic mass is 16.5. The maximum absolute atomic E-state index is 5.98. The van der Waals surface area contributed by atoms with Crippen molar-refractivity contribution in [2.45, 2.75) is 39.8 Å². The molecule has 0 bridgehead atoms. The minimum absolute atomic E-state index is 0.233. The van der Waals surface area contributed by atoms with E-state index >= 15 is 0 Å². The van der Waals surface area contributed by atoms with Crippen molar-refractivity contribution < 1.29 is 9.47 Å². The molecule has 0 spiro atoms. The SMILES string of the molecule is CCCOc1nc(COC)nc(NC(C)C)c1N. The van der Waals surface area contributed by atoms with Crippen molar-refractivity contribution >= 4 is 11.5 Å². The van der Waals surface area contributed by atoms with E-state index in [0.717, 1.165) is 6.42 Å². The first-order chi connectivity index (χ1) is 8.58. The molecule has 3 N–H and O–H groups in total. The van der Waals surface area contributed by atoms with Crippen molar-refractivity contribution in [2.24, 2.45) is 0 Å². The fourth-order valence-electron chi connectivity index (χ4n) is 1.38. The van der Waals surface area contributed by atoms with Gasteiger partial charge in [0.1, 0.15) is 12.3 Å². The Bertz CT molecular complexity index is 383. The summed E-state index contributed by atoms with van der Waals surface area (Å²) in [5.74, 6) is 1.57. The molecule has 1 rings (SSSR count). The third kappa shape index (κ3) is 4.03. The van der Waals surface area contributed by atoms with Crippen LogP contribution in [0.4, 0.5) is 11.5 Å². The first-order valence-corrected chi connectivity index (χ1v) is 6.13. The Balaban J connectivity index is 3.02. The fraction of sp³-hybridized carbons (Fsp3) is 0.667. The molecule has 0 fully saturated rings. The van der Waals surface area contributed by atoms with E-state index < -0.39 is 0 Å². The molecular formula is C12H22N4O2. The molecule has 1 heterocycles. The van der Waals surface area contributed by atoms with Gasteiger partial charge in [-0.25, -0.2) is 4.98 Å². The molecule has 0 radical (unpaired) electrons. The molecule has 0 unspecified atom stereocenters. The van der Waals surface area contributed by atoms with Crippen LogP contribution in [0.5, 0.6) is 5.88 Å². The quantitative estimate of drug-likeness (QED) is 0.772. The van der Waals surface area contributed by atoms with Gasteiger partial charge in [0.15, 0.2) is 11.6 Å².